The normalized spacial score (nSPS) is 12.1. The van der Waals surface area contributed by atoms with Crippen molar-refractivity contribution in [1.82, 2.24) is 13.7 Å². The molecule has 64 heavy (non-hydrogen) atoms. The van der Waals surface area contributed by atoms with Gasteiger partial charge in [0.1, 0.15) is 0 Å². The maximum Gasteiger partial charge on any atom is 0.179 e. The number of nitrogens with zero attached hydrogens (tertiary/aromatic N) is 3. The van der Waals surface area contributed by atoms with Crippen LogP contribution in [0.5, 0.6) is 0 Å². The van der Waals surface area contributed by atoms with Gasteiger partial charge >= 0.3 is 0 Å². The van der Waals surface area contributed by atoms with Crippen molar-refractivity contribution in [2.75, 3.05) is 0 Å². The first-order chi connectivity index (χ1) is 31.8. The largest absolute Gasteiger partial charge is 0.309 e. The van der Waals surface area contributed by atoms with E-state index in [1.807, 2.05) is 0 Å². The van der Waals surface area contributed by atoms with Gasteiger partial charge in [-0.1, -0.05) is 194 Å². The van der Waals surface area contributed by atoms with Gasteiger partial charge < -0.3 is 13.7 Å². The van der Waals surface area contributed by atoms with Crippen molar-refractivity contribution < 1.29 is 0 Å². The fraction of sp³-hybridized carbons (Fsp3) is 0. The Kier molecular flexibility index (Phi) is 8.23. The maximum atomic E-state index is 2.58. The zero-order chi connectivity index (χ0) is 42.2. The molecule has 3 nitrogen and oxygen atoms in total. The molecule has 0 radical (unpaired) electrons. The minimum atomic E-state index is -2.85. The molecule has 0 atom stereocenters. The van der Waals surface area contributed by atoms with Gasteiger partial charge in [-0.3, -0.25) is 0 Å². The van der Waals surface area contributed by atoms with E-state index >= 15 is 0 Å². The molecule has 0 fully saturated rings. The topological polar surface area (TPSA) is 14.8 Å². The fourth-order valence-corrected chi connectivity index (χ4v) is 15.8. The van der Waals surface area contributed by atoms with Gasteiger partial charge in [0.15, 0.2) is 8.07 Å². The number of fused-ring (bicyclic) bond motifs is 9. The molecule has 300 valence electrons. The number of aromatic nitrogens is 3. The average molecular weight is 832 g/mol. The lowest BCUT2D eigenvalue weighted by Crippen LogP contribution is -2.74. The summed E-state index contributed by atoms with van der Waals surface area (Å²) in [5.74, 6) is 0. The van der Waals surface area contributed by atoms with Gasteiger partial charge in [-0.05, 0) is 75.3 Å². The lowest BCUT2D eigenvalue weighted by atomic mass is 10.1. The van der Waals surface area contributed by atoms with Crippen LogP contribution in [0.25, 0.3) is 82.5 Å². The summed E-state index contributed by atoms with van der Waals surface area (Å²) in [6, 6.07) is 92.3. The summed E-state index contributed by atoms with van der Waals surface area (Å²) in [4.78, 5) is 0. The molecule has 13 rings (SSSR count). The summed E-state index contributed by atoms with van der Waals surface area (Å²) in [6.45, 7) is 0. The third-order valence-corrected chi connectivity index (χ3v) is 18.3. The zero-order valence-electron chi connectivity index (χ0n) is 35.0. The van der Waals surface area contributed by atoms with E-state index in [2.05, 4.69) is 262 Å². The molecule has 3 aromatic heterocycles. The van der Waals surface area contributed by atoms with Crippen LogP contribution in [0.2, 0.25) is 0 Å². The summed E-state index contributed by atoms with van der Waals surface area (Å²) < 4.78 is 7.50. The molecule has 0 aliphatic heterocycles. The van der Waals surface area contributed by atoms with Crippen LogP contribution in [0, 0.1) is 0 Å². The average Bonchev–Trinajstić information content (AvgIpc) is 4.01. The van der Waals surface area contributed by atoms with Crippen LogP contribution < -0.4 is 20.7 Å². The second kappa shape index (κ2) is 14.5. The summed E-state index contributed by atoms with van der Waals surface area (Å²) in [5.41, 5.74) is 10.5. The van der Waals surface area contributed by atoms with Crippen molar-refractivity contribution in [2.24, 2.45) is 0 Å². The first-order valence-corrected chi connectivity index (χ1v) is 24.1. The highest BCUT2D eigenvalue weighted by atomic mass is 28.3. The van der Waals surface area contributed by atoms with Crippen LogP contribution in [0.3, 0.4) is 0 Å². The van der Waals surface area contributed by atoms with Gasteiger partial charge in [-0.15, -0.1) is 0 Å². The molecule has 13 aromatic rings. The minimum Gasteiger partial charge on any atom is -0.309 e. The Morgan fingerprint density at radius 2 is 0.688 bits per heavy atom. The highest BCUT2D eigenvalue weighted by Gasteiger charge is 2.41. The SMILES string of the molecule is c1ccc(-n2c3ccccc3c3c(-n4c5ccc([Si](c6ccccc6)(c6ccccc6)c6ccccc6)cc5c5cccc(-n6c7ccccc7c7ccccc76)c54)cccc32)cc1. The summed E-state index contributed by atoms with van der Waals surface area (Å²) in [7, 11) is -2.85. The predicted octanol–water partition coefficient (Wildman–Crippen LogP) is 12.4. The van der Waals surface area contributed by atoms with E-state index in [-0.39, 0.29) is 0 Å². The van der Waals surface area contributed by atoms with Gasteiger partial charge in [0, 0.05) is 38.0 Å². The molecule has 0 bridgehead atoms. The smallest absolute Gasteiger partial charge is 0.179 e. The van der Waals surface area contributed by atoms with E-state index in [1.165, 1.54) is 86.2 Å². The minimum absolute atomic E-state index is 1.15. The van der Waals surface area contributed by atoms with Crippen LogP contribution in [0.15, 0.2) is 249 Å². The monoisotopic (exact) mass is 831 g/mol. The summed E-state index contributed by atoms with van der Waals surface area (Å²) in [6.07, 6.45) is 0. The molecule has 4 heteroatoms. The number of hydrogen-bond donors (Lipinski definition) is 0. The van der Waals surface area contributed by atoms with E-state index in [4.69, 9.17) is 0 Å². The zero-order valence-corrected chi connectivity index (χ0v) is 36.0. The number of hydrogen-bond acceptors (Lipinski definition) is 0. The van der Waals surface area contributed by atoms with Crippen LogP contribution in [0.1, 0.15) is 0 Å². The molecule has 0 amide bonds. The van der Waals surface area contributed by atoms with E-state index in [9.17, 15) is 0 Å². The molecule has 3 heterocycles. The molecule has 0 N–H and O–H groups in total. The van der Waals surface area contributed by atoms with E-state index in [1.54, 1.807) is 0 Å². The van der Waals surface area contributed by atoms with Gasteiger partial charge in [0.25, 0.3) is 0 Å². The van der Waals surface area contributed by atoms with Crippen LogP contribution >= 0.6 is 0 Å². The maximum absolute atomic E-state index is 2.85. The van der Waals surface area contributed by atoms with Crippen molar-refractivity contribution in [3.8, 4) is 17.1 Å². The van der Waals surface area contributed by atoms with E-state index < -0.39 is 8.07 Å². The fourth-order valence-electron chi connectivity index (χ4n) is 11.0. The molecule has 0 saturated heterocycles. The number of benzene rings is 10. The Morgan fingerprint density at radius 1 is 0.250 bits per heavy atom. The standard InChI is InChI=1S/C60H41N3Si/c1-5-21-42(22-6-1)61-54-35-18-15-31-50(54)59-56(61)36-20-37-57(59)63-55-40-39-46(64(43-23-7-2-8-24-43,44-25-9-3-10-26-44)45-27-11-4-12-28-45)41-51(55)49-32-19-38-58(60(49)63)62-52-33-16-13-29-47(52)48-30-14-17-34-53(48)62/h1-41H. The summed E-state index contributed by atoms with van der Waals surface area (Å²) in [5, 5.41) is 12.8. The number of rotatable bonds is 7. The second-order valence-corrected chi connectivity index (χ2v) is 20.6. The van der Waals surface area contributed by atoms with E-state index in [0.717, 1.165) is 17.1 Å². The molecule has 0 spiro atoms. The summed E-state index contributed by atoms with van der Waals surface area (Å²) >= 11 is 0. The Morgan fingerprint density at radius 3 is 1.28 bits per heavy atom. The lowest BCUT2D eigenvalue weighted by molar-refractivity contribution is 1.14. The van der Waals surface area contributed by atoms with Gasteiger partial charge in [-0.2, -0.15) is 0 Å². The lowest BCUT2D eigenvalue weighted by Gasteiger charge is -2.34. The quantitative estimate of drug-likeness (QED) is 0.112. The Labute approximate surface area is 372 Å². The van der Waals surface area contributed by atoms with Crippen LogP contribution in [-0.4, -0.2) is 21.8 Å². The number of para-hydroxylation sites is 5. The van der Waals surface area contributed by atoms with Gasteiger partial charge in [0.2, 0.25) is 0 Å². The molecule has 0 saturated carbocycles. The van der Waals surface area contributed by atoms with Gasteiger partial charge in [0.05, 0.1) is 44.5 Å². The van der Waals surface area contributed by atoms with Crippen LogP contribution in [-0.2, 0) is 0 Å². The molecule has 10 aromatic carbocycles. The molecule has 0 unspecified atom stereocenters. The molecule has 0 aliphatic rings. The molecular formula is C60H41N3Si. The Balaban J connectivity index is 1.21. The predicted molar refractivity (Wildman–Crippen MR) is 273 cm³/mol. The first kappa shape index (κ1) is 36.5. The second-order valence-electron chi connectivity index (χ2n) is 16.8. The van der Waals surface area contributed by atoms with Gasteiger partial charge in [-0.25, -0.2) is 0 Å². The van der Waals surface area contributed by atoms with Crippen molar-refractivity contribution in [1.29, 1.82) is 0 Å². The van der Waals surface area contributed by atoms with Crippen molar-refractivity contribution in [3.63, 3.8) is 0 Å². The van der Waals surface area contributed by atoms with Crippen molar-refractivity contribution in [3.05, 3.63) is 249 Å². The van der Waals surface area contributed by atoms with Crippen LogP contribution in [0.4, 0.5) is 0 Å². The first-order valence-electron chi connectivity index (χ1n) is 22.1. The third-order valence-electron chi connectivity index (χ3n) is 13.6. The van der Waals surface area contributed by atoms with Crippen molar-refractivity contribution in [2.45, 2.75) is 0 Å². The Bertz CT molecular complexity index is 3730. The van der Waals surface area contributed by atoms with Crippen molar-refractivity contribution >= 4 is 94.2 Å². The van der Waals surface area contributed by atoms with E-state index in [0.29, 0.717) is 0 Å². The molecule has 0 aliphatic carbocycles. The molecular weight excluding hydrogens is 791 g/mol. The highest BCUT2D eigenvalue weighted by Crippen LogP contribution is 2.43. The Hall–Kier alpha value is -8.18. The highest BCUT2D eigenvalue weighted by molar-refractivity contribution is 7.20. The third kappa shape index (κ3) is 5.21.